The van der Waals surface area contributed by atoms with Crippen molar-refractivity contribution in [1.29, 1.82) is 0 Å². The molecular formula is C18H19N3OS. The average Bonchev–Trinajstić information content (AvgIpc) is 3.04. The van der Waals surface area contributed by atoms with E-state index in [1.807, 2.05) is 42.6 Å². The van der Waals surface area contributed by atoms with Gasteiger partial charge in [-0.05, 0) is 42.5 Å². The van der Waals surface area contributed by atoms with Crippen LogP contribution in [0, 0.1) is 0 Å². The second-order valence-corrected chi connectivity index (χ2v) is 7.11. The average molecular weight is 325 g/mol. The fourth-order valence-electron chi connectivity index (χ4n) is 3.41. The first kappa shape index (κ1) is 14.6. The van der Waals surface area contributed by atoms with Crippen LogP contribution in [-0.4, -0.2) is 21.0 Å². The van der Waals surface area contributed by atoms with Gasteiger partial charge >= 0.3 is 0 Å². The molecule has 23 heavy (non-hydrogen) atoms. The van der Waals surface area contributed by atoms with E-state index in [0.29, 0.717) is 18.3 Å². The molecule has 0 saturated heterocycles. The topological polar surface area (TPSA) is 38.1 Å². The Morgan fingerprint density at radius 3 is 3.00 bits per heavy atom. The smallest absolute Gasteiger partial charge is 0.273 e. The second-order valence-electron chi connectivity index (χ2n) is 6.11. The molecule has 0 amide bonds. The predicted octanol–water partition coefficient (Wildman–Crippen LogP) is 3.11. The van der Waals surface area contributed by atoms with E-state index >= 15 is 0 Å². The van der Waals surface area contributed by atoms with Gasteiger partial charge in [-0.3, -0.25) is 9.69 Å². The summed E-state index contributed by atoms with van der Waals surface area (Å²) in [5.41, 5.74) is 3.81. The minimum Gasteiger partial charge on any atom is -0.308 e. The standard InChI is InChI=1S/C18H19N3OS/c1-12-13-8-10-23-17(13)7-9-21(12)11-15-18(22)20(2)16-6-4-3-5-14(16)19-15/h3-6,8,10,12H,7,9,11H2,1-2H3/t12-/m0/s1. The van der Waals surface area contributed by atoms with Gasteiger partial charge in [0.05, 0.1) is 11.0 Å². The lowest BCUT2D eigenvalue weighted by Crippen LogP contribution is -2.36. The van der Waals surface area contributed by atoms with E-state index in [2.05, 4.69) is 28.3 Å². The van der Waals surface area contributed by atoms with Crippen LogP contribution in [0.15, 0.2) is 40.5 Å². The maximum atomic E-state index is 12.6. The molecule has 0 saturated carbocycles. The summed E-state index contributed by atoms with van der Waals surface area (Å²) in [6, 6.07) is 10.4. The van der Waals surface area contributed by atoms with Gasteiger partial charge in [-0.25, -0.2) is 4.98 Å². The van der Waals surface area contributed by atoms with Crippen molar-refractivity contribution in [3.63, 3.8) is 0 Å². The predicted molar refractivity (Wildman–Crippen MR) is 93.8 cm³/mol. The quantitative estimate of drug-likeness (QED) is 0.726. The van der Waals surface area contributed by atoms with Gasteiger partial charge in [0.1, 0.15) is 5.69 Å². The van der Waals surface area contributed by atoms with E-state index in [1.54, 1.807) is 4.57 Å². The van der Waals surface area contributed by atoms with E-state index < -0.39 is 0 Å². The Kier molecular flexibility index (Phi) is 3.54. The van der Waals surface area contributed by atoms with E-state index in [1.165, 1.54) is 10.4 Å². The summed E-state index contributed by atoms with van der Waals surface area (Å²) in [6.07, 6.45) is 1.06. The largest absolute Gasteiger partial charge is 0.308 e. The minimum atomic E-state index is 0.00650. The number of aromatic nitrogens is 2. The number of benzene rings is 1. The van der Waals surface area contributed by atoms with Gasteiger partial charge in [0, 0.05) is 31.1 Å². The highest BCUT2D eigenvalue weighted by Crippen LogP contribution is 2.33. The van der Waals surface area contributed by atoms with Crippen molar-refractivity contribution < 1.29 is 0 Å². The number of para-hydroxylation sites is 2. The normalized spacial score (nSPS) is 18.3. The SMILES string of the molecule is C[C@H]1c2ccsc2CCN1Cc1nc2ccccc2n(C)c1=O. The summed E-state index contributed by atoms with van der Waals surface area (Å²) in [4.78, 5) is 21.1. The third-order valence-electron chi connectivity index (χ3n) is 4.81. The van der Waals surface area contributed by atoms with Gasteiger partial charge in [0.2, 0.25) is 0 Å². The Bertz CT molecular complexity index is 927. The molecular weight excluding hydrogens is 306 g/mol. The molecule has 0 N–H and O–H groups in total. The lowest BCUT2D eigenvalue weighted by molar-refractivity contribution is 0.188. The first-order valence-corrected chi connectivity index (χ1v) is 8.78. The summed E-state index contributed by atoms with van der Waals surface area (Å²) in [6.45, 7) is 3.80. The molecule has 4 rings (SSSR count). The number of hydrogen-bond acceptors (Lipinski definition) is 4. The molecule has 118 valence electrons. The summed E-state index contributed by atoms with van der Waals surface area (Å²) in [5, 5.41) is 2.16. The molecule has 3 aromatic rings. The zero-order valence-corrected chi connectivity index (χ0v) is 14.1. The maximum absolute atomic E-state index is 12.6. The van der Waals surface area contributed by atoms with Crippen LogP contribution < -0.4 is 5.56 Å². The highest BCUT2D eigenvalue weighted by molar-refractivity contribution is 7.10. The van der Waals surface area contributed by atoms with Gasteiger partial charge in [-0.2, -0.15) is 0 Å². The molecule has 2 aromatic heterocycles. The molecule has 4 nitrogen and oxygen atoms in total. The van der Waals surface area contributed by atoms with E-state index in [0.717, 1.165) is 24.0 Å². The number of rotatable bonds is 2. The summed E-state index contributed by atoms with van der Waals surface area (Å²) in [7, 11) is 1.83. The van der Waals surface area contributed by atoms with Crippen LogP contribution in [0.2, 0.25) is 0 Å². The fraction of sp³-hybridized carbons (Fsp3) is 0.333. The van der Waals surface area contributed by atoms with Gasteiger partial charge in [0.25, 0.3) is 5.56 Å². The molecule has 1 atom stereocenters. The number of thiophene rings is 1. The van der Waals surface area contributed by atoms with Crippen LogP contribution in [0.4, 0.5) is 0 Å². The van der Waals surface area contributed by atoms with Crippen molar-refractivity contribution in [3.05, 3.63) is 62.2 Å². The fourth-order valence-corrected chi connectivity index (χ4v) is 4.37. The molecule has 5 heteroatoms. The molecule has 0 aliphatic carbocycles. The molecule has 1 aromatic carbocycles. The van der Waals surface area contributed by atoms with Crippen LogP contribution in [0.5, 0.6) is 0 Å². The summed E-state index contributed by atoms with van der Waals surface area (Å²) < 4.78 is 1.71. The summed E-state index contributed by atoms with van der Waals surface area (Å²) in [5.74, 6) is 0. The Morgan fingerprint density at radius 1 is 1.30 bits per heavy atom. The van der Waals surface area contributed by atoms with Crippen LogP contribution >= 0.6 is 11.3 Å². The van der Waals surface area contributed by atoms with Crippen molar-refractivity contribution >= 4 is 22.4 Å². The van der Waals surface area contributed by atoms with Crippen molar-refractivity contribution in [3.8, 4) is 0 Å². The Labute approximate surface area is 139 Å². The molecule has 0 unspecified atom stereocenters. The molecule has 0 spiro atoms. The summed E-state index contributed by atoms with van der Waals surface area (Å²) >= 11 is 1.84. The van der Waals surface area contributed by atoms with Crippen molar-refractivity contribution in [1.82, 2.24) is 14.5 Å². The van der Waals surface area contributed by atoms with Crippen LogP contribution in [0.1, 0.15) is 29.1 Å². The first-order chi connectivity index (χ1) is 11.1. The molecule has 1 aliphatic rings. The van der Waals surface area contributed by atoms with Crippen molar-refractivity contribution in [2.45, 2.75) is 25.9 Å². The van der Waals surface area contributed by atoms with Gasteiger partial charge in [-0.15, -0.1) is 11.3 Å². The number of hydrogen-bond donors (Lipinski definition) is 0. The van der Waals surface area contributed by atoms with Crippen molar-refractivity contribution in [2.24, 2.45) is 7.05 Å². The van der Waals surface area contributed by atoms with E-state index in [4.69, 9.17) is 0 Å². The molecule has 3 heterocycles. The van der Waals surface area contributed by atoms with Crippen LogP contribution in [0.25, 0.3) is 11.0 Å². The third-order valence-corrected chi connectivity index (χ3v) is 5.80. The first-order valence-electron chi connectivity index (χ1n) is 7.90. The lowest BCUT2D eigenvalue weighted by atomic mass is 10.0. The zero-order valence-electron chi connectivity index (χ0n) is 13.3. The monoisotopic (exact) mass is 325 g/mol. The number of fused-ring (bicyclic) bond motifs is 2. The molecule has 1 aliphatic heterocycles. The highest BCUT2D eigenvalue weighted by atomic mass is 32.1. The molecule has 0 bridgehead atoms. The second kappa shape index (κ2) is 5.58. The maximum Gasteiger partial charge on any atom is 0.273 e. The number of aryl methyl sites for hydroxylation is 1. The Morgan fingerprint density at radius 2 is 2.13 bits per heavy atom. The van der Waals surface area contributed by atoms with Crippen LogP contribution in [-0.2, 0) is 20.0 Å². The number of nitrogens with zero attached hydrogens (tertiary/aromatic N) is 3. The molecule has 0 radical (unpaired) electrons. The van der Waals surface area contributed by atoms with Gasteiger partial charge in [0.15, 0.2) is 0 Å². The highest BCUT2D eigenvalue weighted by Gasteiger charge is 2.26. The zero-order chi connectivity index (χ0) is 16.0. The third kappa shape index (κ3) is 2.40. The lowest BCUT2D eigenvalue weighted by Gasteiger charge is -2.33. The van der Waals surface area contributed by atoms with E-state index in [9.17, 15) is 4.79 Å². The van der Waals surface area contributed by atoms with Crippen molar-refractivity contribution in [2.75, 3.05) is 6.54 Å². The van der Waals surface area contributed by atoms with E-state index in [-0.39, 0.29) is 5.56 Å². The van der Waals surface area contributed by atoms with Crippen LogP contribution in [0.3, 0.4) is 0 Å². The Hall–Kier alpha value is -1.98. The van der Waals surface area contributed by atoms with Gasteiger partial charge < -0.3 is 4.57 Å². The molecule has 0 fully saturated rings. The Balaban J connectivity index is 1.71. The minimum absolute atomic E-state index is 0.00650. The van der Waals surface area contributed by atoms with Gasteiger partial charge in [-0.1, -0.05) is 12.1 Å².